The van der Waals surface area contributed by atoms with E-state index in [1.165, 1.54) is 6.42 Å². The Balaban J connectivity index is 2.30. The summed E-state index contributed by atoms with van der Waals surface area (Å²) in [7, 11) is 0. The fraction of sp³-hybridized carbons (Fsp3) is 0.923. The predicted molar refractivity (Wildman–Crippen MR) is 78.0 cm³/mol. The summed E-state index contributed by atoms with van der Waals surface area (Å²) in [4.78, 5) is 11.1. The smallest absolute Gasteiger partial charge is 0.219 e. The van der Waals surface area contributed by atoms with E-state index >= 15 is 0 Å². The molecule has 1 rings (SSSR count). The Bertz CT molecular complexity index is 258. The highest BCUT2D eigenvalue weighted by Crippen LogP contribution is 2.32. The summed E-state index contributed by atoms with van der Waals surface area (Å²) in [5.41, 5.74) is 0. The molecule has 0 heterocycles. The molecule has 0 aromatic heterocycles. The number of hydrogen-bond donors (Lipinski definition) is 3. The zero-order valence-corrected chi connectivity index (χ0v) is 12.6. The van der Waals surface area contributed by atoms with Crippen LogP contribution >= 0.6 is 12.8 Å². The van der Waals surface area contributed by atoms with Gasteiger partial charge in [-0.3, -0.25) is 9.52 Å². The van der Waals surface area contributed by atoms with Crippen molar-refractivity contribution in [2.24, 2.45) is 0 Å². The molecule has 1 fully saturated rings. The van der Waals surface area contributed by atoms with Gasteiger partial charge in [0.15, 0.2) is 5.79 Å². The van der Waals surface area contributed by atoms with Crippen molar-refractivity contribution >= 4 is 18.7 Å². The van der Waals surface area contributed by atoms with Crippen molar-refractivity contribution < 1.29 is 14.3 Å². The Labute approximate surface area is 121 Å². The lowest BCUT2D eigenvalue weighted by Gasteiger charge is -2.37. The number of hydrogen-bond acceptors (Lipinski definition) is 5. The normalized spacial score (nSPS) is 18.2. The van der Waals surface area contributed by atoms with Gasteiger partial charge < -0.3 is 14.8 Å². The van der Waals surface area contributed by atoms with Crippen LogP contribution in [0.5, 0.6) is 0 Å². The summed E-state index contributed by atoms with van der Waals surface area (Å²) < 4.78 is 14.6. The zero-order chi connectivity index (χ0) is 14.0. The molecule has 0 aromatic carbocycles. The molecule has 6 heteroatoms. The average molecular weight is 290 g/mol. The van der Waals surface area contributed by atoms with Crippen LogP contribution in [0.25, 0.3) is 0 Å². The van der Waals surface area contributed by atoms with Crippen LogP contribution in [0, 0.1) is 0 Å². The monoisotopic (exact) mass is 290 g/mol. The minimum Gasteiger partial charge on any atom is -0.354 e. The topological polar surface area (TPSA) is 59.6 Å². The Morgan fingerprint density at radius 3 is 2.37 bits per heavy atom. The van der Waals surface area contributed by atoms with Gasteiger partial charge in [0, 0.05) is 32.4 Å². The first-order chi connectivity index (χ1) is 9.22. The first-order valence-electron chi connectivity index (χ1n) is 7.14. The molecule has 0 aliphatic heterocycles. The number of rotatable bonds is 9. The van der Waals surface area contributed by atoms with Crippen molar-refractivity contribution in [3.8, 4) is 0 Å². The summed E-state index contributed by atoms with van der Waals surface area (Å²) in [6.07, 6.45) is 5.88. The van der Waals surface area contributed by atoms with Crippen molar-refractivity contribution in [1.29, 1.82) is 0 Å². The van der Waals surface area contributed by atoms with E-state index < -0.39 is 5.79 Å². The SMILES string of the molecule is CCC(=O)NCCOC1(OCCNS)CCCCC1. The van der Waals surface area contributed by atoms with Crippen LogP contribution in [0.1, 0.15) is 45.4 Å². The van der Waals surface area contributed by atoms with Crippen molar-refractivity contribution in [2.45, 2.75) is 51.2 Å². The minimum absolute atomic E-state index is 0.0569. The average Bonchev–Trinajstić information content (AvgIpc) is 2.45. The van der Waals surface area contributed by atoms with Gasteiger partial charge in [-0.25, -0.2) is 0 Å². The van der Waals surface area contributed by atoms with E-state index in [4.69, 9.17) is 9.47 Å². The van der Waals surface area contributed by atoms with E-state index in [0.29, 0.717) is 32.7 Å². The van der Waals surface area contributed by atoms with Crippen LogP contribution in [0.4, 0.5) is 0 Å². The van der Waals surface area contributed by atoms with Crippen molar-refractivity contribution in [2.75, 3.05) is 26.3 Å². The summed E-state index contributed by atoms with van der Waals surface area (Å²) in [6, 6.07) is 0. The van der Waals surface area contributed by atoms with E-state index in [1.807, 2.05) is 6.92 Å². The van der Waals surface area contributed by atoms with Crippen LogP contribution in [0.2, 0.25) is 0 Å². The molecule has 0 radical (unpaired) electrons. The molecule has 5 nitrogen and oxygen atoms in total. The van der Waals surface area contributed by atoms with Gasteiger partial charge in [0.25, 0.3) is 0 Å². The summed E-state index contributed by atoms with van der Waals surface area (Å²) in [5, 5.41) is 2.81. The third-order valence-corrected chi connectivity index (χ3v) is 3.53. The molecule has 1 saturated carbocycles. The molecule has 1 aliphatic rings. The van der Waals surface area contributed by atoms with Gasteiger partial charge >= 0.3 is 0 Å². The lowest BCUT2D eigenvalue weighted by Crippen LogP contribution is -2.41. The second-order valence-corrected chi connectivity index (χ2v) is 5.10. The predicted octanol–water partition coefficient (Wildman–Crippen LogP) is 1.64. The third kappa shape index (κ3) is 6.61. The van der Waals surface area contributed by atoms with Gasteiger partial charge in [-0.1, -0.05) is 26.2 Å². The van der Waals surface area contributed by atoms with E-state index in [-0.39, 0.29) is 5.91 Å². The number of nitrogens with one attached hydrogen (secondary N) is 2. The van der Waals surface area contributed by atoms with Crippen LogP contribution < -0.4 is 10.0 Å². The molecular formula is C13H26N2O3S. The van der Waals surface area contributed by atoms with Gasteiger partial charge in [-0.2, -0.15) is 0 Å². The van der Waals surface area contributed by atoms with Gasteiger partial charge in [0.1, 0.15) is 0 Å². The Hall–Kier alpha value is -0.300. The molecular weight excluding hydrogens is 264 g/mol. The van der Waals surface area contributed by atoms with E-state index in [1.54, 1.807) is 0 Å². The molecule has 112 valence electrons. The molecule has 0 aromatic rings. The second kappa shape index (κ2) is 9.58. The van der Waals surface area contributed by atoms with Gasteiger partial charge in [-0.05, 0) is 12.8 Å². The molecule has 0 saturated heterocycles. The highest BCUT2D eigenvalue weighted by molar-refractivity contribution is 7.78. The molecule has 19 heavy (non-hydrogen) atoms. The maximum absolute atomic E-state index is 11.1. The third-order valence-electron chi connectivity index (χ3n) is 3.30. The first-order valence-corrected chi connectivity index (χ1v) is 7.59. The highest BCUT2D eigenvalue weighted by Gasteiger charge is 2.33. The number of thiol groups is 1. The molecule has 1 amide bonds. The number of carbonyl (C=O) groups is 1. The fourth-order valence-electron chi connectivity index (χ4n) is 2.26. The second-order valence-electron chi connectivity index (χ2n) is 4.78. The molecule has 1 aliphatic carbocycles. The number of amides is 1. The minimum atomic E-state index is -0.459. The zero-order valence-electron chi connectivity index (χ0n) is 11.7. The van der Waals surface area contributed by atoms with Gasteiger partial charge in [0.2, 0.25) is 5.91 Å². The van der Waals surface area contributed by atoms with Gasteiger partial charge in [-0.15, -0.1) is 0 Å². The van der Waals surface area contributed by atoms with E-state index in [9.17, 15) is 4.79 Å². The molecule has 0 unspecified atom stereocenters. The quantitative estimate of drug-likeness (QED) is 0.343. The Kier molecular flexibility index (Phi) is 8.45. The molecule has 0 bridgehead atoms. The van der Waals surface area contributed by atoms with Crippen molar-refractivity contribution in [1.82, 2.24) is 10.0 Å². The summed E-state index contributed by atoms with van der Waals surface area (Å²) in [5.74, 6) is -0.402. The number of carbonyl (C=O) groups excluding carboxylic acids is 1. The Morgan fingerprint density at radius 2 is 1.79 bits per heavy atom. The molecule has 0 atom stereocenters. The lowest BCUT2D eigenvalue weighted by atomic mass is 9.94. The van der Waals surface area contributed by atoms with Crippen molar-refractivity contribution in [3.63, 3.8) is 0 Å². The number of ether oxygens (including phenoxy) is 2. The highest BCUT2D eigenvalue weighted by atomic mass is 32.1. The maximum Gasteiger partial charge on any atom is 0.219 e. The van der Waals surface area contributed by atoms with E-state index in [2.05, 4.69) is 22.9 Å². The van der Waals surface area contributed by atoms with Crippen LogP contribution in [-0.4, -0.2) is 38.0 Å². The van der Waals surface area contributed by atoms with E-state index in [0.717, 1.165) is 25.7 Å². The summed E-state index contributed by atoms with van der Waals surface area (Å²) in [6.45, 7) is 4.17. The van der Waals surface area contributed by atoms with Gasteiger partial charge in [0.05, 0.1) is 13.2 Å². The van der Waals surface area contributed by atoms with Crippen LogP contribution in [0.3, 0.4) is 0 Å². The maximum atomic E-state index is 11.1. The van der Waals surface area contributed by atoms with Crippen molar-refractivity contribution in [3.05, 3.63) is 0 Å². The van der Waals surface area contributed by atoms with Crippen LogP contribution in [0.15, 0.2) is 0 Å². The fourth-order valence-corrected chi connectivity index (χ4v) is 2.35. The lowest BCUT2D eigenvalue weighted by molar-refractivity contribution is -0.250. The largest absolute Gasteiger partial charge is 0.354 e. The first kappa shape index (κ1) is 16.8. The molecule has 2 N–H and O–H groups in total. The van der Waals surface area contributed by atoms with Crippen LogP contribution in [-0.2, 0) is 14.3 Å². The Morgan fingerprint density at radius 1 is 1.16 bits per heavy atom. The molecule has 0 spiro atoms. The standard InChI is InChI=1S/C13H26N2O3S/c1-2-12(16)14-8-10-17-13(18-11-9-15-19)6-4-3-5-7-13/h15,19H,2-11H2,1H3,(H,14,16). The summed E-state index contributed by atoms with van der Waals surface area (Å²) >= 11 is 3.95.